The maximum atomic E-state index is 12.8. The highest BCUT2D eigenvalue weighted by atomic mass is 19.4. The number of nitrogens with zero attached hydrogens (tertiary/aromatic N) is 1. The number of nitrogens with one attached hydrogen (secondary N) is 1. The van der Waals surface area contributed by atoms with Crippen LogP contribution in [-0.2, 0) is 15.8 Å². The van der Waals surface area contributed by atoms with Gasteiger partial charge in [0, 0.05) is 7.05 Å². The lowest BCUT2D eigenvalue weighted by atomic mass is 10.0. The van der Waals surface area contributed by atoms with Gasteiger partial charge in [-0.3, -0.25) is 9.59 Å². The van der Waals surface area contributed by atoms with E-state index in [0.29, 0.717) is 0 Å². The van der Waals surface area contributed by atoms with Gasteiger partial charge in [-0.25, -0.2) is 0 Å². The topological polar surface area (TPSA) is 79.2 Å². The minimum absolute atomic E-state index is 0.538. The van der Waals surface area contributed by atoms with E-state index in [1.807, 2.05) is 0 Å². The smallest absolute Gasteiger partial charge is 0.419 e. The molecule has 1 rings (SSSR count). The maximum Gasteiger partial charge on any atom is 0.419 e. The van der Waals surface area contributed by atoms with Crippen LogP contribution in [-0.4, -0.2) is 24.8 Å². The van der Waals surface area contributed by atoms with Crippen molar-refractivity contribution in [3.05, 3.63) is 29.8 Å². The second-order valence-corrected chi connectivity index (χ2v) is 4.33. The third-order valence-electron chi connectivity index (χ3n) is 2.82. The standard InChI is InChI=1S/C14H13F3N2O3/c1-8(12(20)9(7-18)13(21)19-2)22-11-6-4-3-5-10(11)14(15,16)17/h3-6,8-9H,1-2H3,(H,19,21)/t8-,9+/m0/s1. The number of alkyl halides is 3. The average Bonchev–Trinajstić information content (AvgIpc) is 2.46. The number of rotatable bonds is 5. The number of amides is 1. The SMILES string of the molecule is CNC(=O)[C@H](C#N)C(=O)[C@H](C)Oc1ccccc1C(F)(F)F. The molecular formula is C14H13F3N2O3. The molecule has 1 amide bonds. The van der Waals surface area contributed by atoms with E-state index in [2.05, 4.69) is 5.32 Å². The Hall–Kier alpha value is -2.56. The van der Waals surface area contributed by atoms with E-state index in [0.717, 1.165) is 12.1 Å². The van der Waals surface area contributed by atoms with Crippen LogP contribution in [0, 0.1) is 17.2 Å². The second-order valence-electron chi connectivity index (χ2n) is 4.33. The molecule has 0 aromatic heterocycles. The van der Waals surface area contributed by atoms with Gasteiger partial charge in [0.1, 0.15) is 5.75 Å². The lowest BCUT2D eigenvalue weighted by molar-refractivity contribution is -0.142. The monoisotopic (exact) mass is 314 g/mol. The van der Waals surface area contributed by atoms with Crippen LogP contribution in [0.15, 0.2) is 24.3 Å². The highest BCUT2D eigenvalue weighted by Gasteiger charge is 2.36. The Balaban J connectivity index is 2.99. The van der Waals surface area contributed by atoms with Crippen LogP contribution in [0.25, 0.3) is 0 Å². The molecule has 118 valence electrons. The van der Waals surface area contributed by atoms with Gasteiger partial charge in [-0.05, 0) is 19.1 Å². The zero-order valence-corrected chi connectivity index (χ0v) is 11.8. The minimum Gasteiger partial charge on any atom is -0.482 e. The Labute approximate surface area is 124 Å². The molecule has 0 aliphatic rings. The van der Waals surface area contributed by atoms with Crippen LogP contribution >= 0.6 is 0 Å². The van der Waals surface area contributed by atoms with E-state index in [-0.39, 0.29) is 0 Å². The summed E-state index contributed by atoms with van der Waals surface area (Å²) >= 11 is 0. The molecule has 0 fully saturated rings. The number of para-hydroxylation sites is 1. The molecule has 0 saturated heterocycles. The third kappa shape index (κ3) is 3.97. The van der Waals surface area contributed by atoms with Gasteiger partial charge in [-0.1, -0.05) is 12.1 Å². The molecule has 1 aromatic rings. The van der Waals surface area contributed by atoms with Gasteiger partial charge in [0.15, 0.2) is 17.8 Å². The Morgan fingerprint density at radius 2 is 1.91 bits per heavy atom. The summed E-state index contributed by atoms with van der Waals surface area (Å²) in [5.74, 6) is -3.94. The number of ether oxygens (including phenoxy) is 1. The highest BCUT2D eigenvalue weighted by molar-refractivity contribution is 6.05. The first kappa shape index (κ1) is 17.5. The first-order valence-electron chi connectivity index (χ1n) is 6.20. The molecule has 22 heavy (non-hydrogen) atoms. The quantitative estimate of drug-likeness (QED) is 0.842. The molecule has 8 heteroatoms. The van der Waals surface area contributed by atoms with Crippen molar-refractivity contribution in [2.75, 3.05) is 7.05 Å². The van der Waals surface area contributed by atoms with E-state index in [9.17, 15) is 22.8 Å². The van der Waals surface area contributed by atoms with E-state index >= 15 is 0 Å². The molecule has 0 unspecified atom stereocenters. The predicted octanol–water partition coefficient (Wildman–Crippen LogP) is 1.93. The van der Waals surface area contributed by atoms with Crippen molar-refractivity contribution < 1.29 is 27.5 Å². The van der Waals surface area contributed by atoms with E-state index in [4.69, 9.17) is 10.00 Å². The average molecular weight is 314 g/mol. The highest BCUT2D eigenvalue weighted by Crippen LogP contribution is 2.36. The first-order valence-corrected chi connectivity index (χ1v) is 6.20. The number of Topliss-reactive ketones (excluding diaryl/α,β-unsaturated/α-hetero) is 1. The lowest BCUT2D eigenvalue weighted by Crippen LogP contribution is -2.39. The van der Waals surface area contributed by atoms with Crippen molar-refractivity contribution >= 4 is 11.7 Å². The zero-order valence-electron chi connectivity index (χ0n) is 11.8. The van der Waals surface area contributed by atoms with Crippen molar-refractivity contribution in [2.24, 2.45) is 5.92 Å². The Morgan fingerprint density at radius 1 is 1.32 bits per heavy atom. The van der Waals surface area contributed by atoms with Crippen molar-refractivity contribution in [3.63, 3.8) is 0 Å². The Bertz CT molecular complexity index is 608. The minimum atomic E-state index is -4.64. The Kier molecular flexibility index (Phi) is 5.51. The summed E-state index contributed by atoms with van der Waals surface area (Å²) in [5, 5.41) is 11.0. The molecular weight excluding hydrogens is 301 g/mol. The van der Waals surface area contributed by atoms with Gasteiger partial charge in [0.2, 0.25) is 5.91 Å². The molecule has 1 N–H and O–H groups in total. The van der Waals surface area contributed by atoms with Gasteiger partial charge >= 0.3 is 6.18 Å². The van der Waals surface area contributed by atoms with Crippen molar-refractivity contribution in [2.45, 2.75) is 19.2 Å². The second kappa shape index (κ2) is 6.93. The molecule has 5 nitrogen and oxygen atoms in total. The van der Waals surface area contributed by atoms with E-state index in [1.54, 1.807) is 0 Å². The number of nitriles is 1. The van der Waals surface area contributed by atoms with Crippen LogP contribution in [0.4, 0.5) is 13.2 Å². The van der Waals surface area contributed by atoms with Gasteiger partial charge in [-0.2, -0.15) is 18.4 Å². The molecule has 0 radical (unpaired) electrons. The molecule has 0 saturated carbocycles. The predicted molar refractivity (Wildman–Crippen MR) is 69.7 cm³/mol. The van der Waals surface area contributed by atoms with Crippen LogP contribution in [0.2, 0.25) is 0 Å². The summed E-state index contributed by atoms with van der Waals surface area (Å²) in [6, 6.07) is 5.88. The molecule has 2 atom stereocenters. The number of ketones is 1. The van der Waals surface area contributed by atoms with Gasteiger partial charge in [0.25, 0.3) is 0 Å². The van der Waals surface area contributed by atoms with Crippen LogP contribution < -0.4 is 10.1 Å². The van der Waals surface area contributed by atoms with E-state index in [1.165, 1.54) is 32.2 Å². The number of halogens is 3. The number of hydrogen-bond acceptors (Lipinski definition) is 4. The summed E-state index contributed by atoms with van der Waals surface area (Å²) in [5.41, 5.74) is -1.04. The first-order chi connectivity index (χ1) is 10.2. The largest absolute Gasteiger partial charge is 0.482 e. The van der Waals surface area contributed by atoms with Gasteiger partial charge in [-0.15, -0.1) is 0 Å². The fourth-order valence-corrected chi connectivity index (χ4v) is 1.68. The molecule has 0 aliphatic carbocycles. The molecule has 0 bridgehead atoms. The third-order valence-corrected chi connectivity index (χ3v) is 2.82. The Morgan fingerprint density at radius 3 is 2.41 bits per heavy atom. The summed E-state index contributed by atoms with van der Waals surface area (Å²) in [6.07, 6.45) is -6.03. The number of carbonyl (C=O) groups excluding carboxylic acids is 2. The molecule has 0 aliphatic heterocycles. The fraction of sp³-hybridized carbons (Fsp3) is 0.357. The summed E-state index contributed by atoms with van der Waals surface area (Å²) in [6.45, 7) is 1.18. The zero-order chi connectivity index (χ0) is 16.9. The van der Waals surface area contributed by atoms with Gasteiger partial charge in [0.05, 0.1) is 11.6 Å². The van der Waals surface area contributed by atoms with Crippen molar-refractivity contribution in [3.8, 4) is 11.8 Å². The van der Waals surface area contributed by atoms with Crippen LogP contribution in [0.3, 0.4) is 0 Å². The number of benzene rings is 1. The van der Waals surface area contributed by atoms with Crippen molar-refractivity contribution in [1.82, 2.24) is 5.32 Å². The summed E-state index contributed by atoms with van der Waals surface area (Å²) < 4.78 is 43.5. The van der Waals surface area contributed by atoms with Gasteiger partial charge < -0.3 is 10.1 Å². The lowest BCUT2D eigenvalue weighted by Gasteiger charge is -2.19. The molecule has 0 spiro atoms. The van der Waals surface area contributed by atoms with E-state index < -0.39 is 41.2 Å². The number of hydrogen-bond donors (Lipinski definition) is 1. The van der Waals surface area contributed by atoms with Crippen molar-refractivity contribution in [1.29, 1.82) is 5.26 Å². The van der Waals surface area contributed by atoms with Crippen LogP contribution in [0.1, 0.15) is 12.5 Å². The normalized spacial score (nSPS) is 13.6. The number of carbonyl (C=O) groups is 2. The maximum absolute atomic E-state index is 12.8. The molecule has 0 heterocycles. The van der Waals surface area contributed by atoms with Crippen LogP contribution in [0.5, 0.6) is 5.75 Å². The summed E-state index contributed by atoms with van der Waals surface area (Å²) in [7, 11) is 1.24. The fourth-order valence-electron chi connectivity index (χ4n) is 1.68. The summed E-state index contributed by atoms with van der Waals surface area (Å²) in [4.78, 5) is 23.3. The molecule has 1 aromatic carbocycles.